The highest BCUT2D eigenvalue weighted by molar-refractivity contribution is 5.27. The number of aryl methyl sites for hydroxylation is 1. The van der Waals surface area contributed by atoms with Crippen molar-refractivity contribution in [3.8, 4) is 5.75 Å². The van der Waals surface area contributed by atoms with Crippen LogP contribution in [-0.4, -0.2) is 52.1 Å². The van der Waals surface area contributed by atoms with E-state index in [1.807, 2.05) is 6.20 Å². The fraction of sp³-hybridized carbons (Fsp3) is 0.591. The summed E-state index contributed by atoms with van der Waals surface area (Å²) in [6, 6.07) is 9.19. The van der Waals surface area contributed by atoms with Crippen LogP contribution in [0, 0.1) is 5.92 Å². The molecule has 2 aromatic rings. The van der Waals surface area contributed by atoms with Crippen molar-refractivity contribution in [2.75, 3.05) is 26.7 Å². The Morgan fingerprint density at radius 3 is 2.70 bits per heavy atom. The third kappa shape index (κ3) is 4.36. The third-order valence-corrected chi connectivity index (χ3v) is 6.08. The van der Waals surface area contributed by atoms with Crippen molar-refractivity contribution >= 4 is 0 Å². The van der Waals surface area contributed by atoms with E-state index in [0.29, 0.717) is 6.04 Å². The van der Waals surface area contributed by atoms with Crippen LogP contribution in [0.5, 0.6) is 5.75 Å². The summed E-state index contributed by atoms with van der Waals surface area (Å²) in [6.45, 7) is 8.91. The van der Waals surface area contributed by atoms with Crippen LogP contribution in [0.2, 0.25) is 0 Å². The third-order valence-electron chi connectivity index (χ3n) is 6.08. The van der Waals surface area contributed by atoms with Gasteiger partial charge in [-0.2, -0.15) is 0 Å². The molecule has 3 saturated heterocycles. The van der Waals surface area contributed by atoms with E-state index in [1.54, 1.807) is 7.11 Å². The van der Waals surface area contributed by atoms with Gasteiger partial charge in [0.1, 0.15) is 11.6 Å². The molecule has 0 amide bonds. The number of fused-ring (bicyclic) bond motifs is 4. The van der Waals surface area contributed by atoms with E-state index in [-0.39, 0.29) is 0 Å². The van der Waals surface area contributed by atoms with E-state index in [1.165, 1.54) is 37.3 Å². The van der Waals surface area contributed by atoms with Crippen molar-refractivity contribution in [1.82, 2.24) is 19.4 Å². The summed E-state index contributed by atoms with van der Waals surface area (Å²) in [5.41, 5.74) is 1.38. The quantitative estimate of drug-likeness (QED) is 0.750. The highest BCUT2D eigenvalue weighted by atomic mass is 16.5. The molecule has 5 rings (SSSR count). The van der Waals surface area contributed by atoms with Gasteiger partial charge < -0.3 is 9.30 Å². The smallest absolute Gasteiger partial charge is 0.122 e. The van der Waals surface area contributed by atoms with Gasteiger partial charge in [0.25, 0.3) is 0 Å². The number of hydrogen-bond acceptors (Lipinski definition) is 4. The lowest BCUT2D eigenvalue weighted by atomic mass is 9.95. The number of rotatable bonds is 7. The molecule has 4 heterocycles. The predicted molar refractivity (Wildman–Crippen MR) is 108 cm³/mol. The number of aromatic nitrogens is 2. The Hall–Kier alpha value is -1.85. The SMILES string of the molecule is CCCn1ccnc1CN1C[C@H]2CC[C@@H]1CN(Cc1ccc(OC)cc1)C2. The van der Waals surface area contributed by atoms with Gasteiger partial charge in [0.05, 0.1) is 13.7 Å². The molecule has 1 aromatic carbocycles. The Kier molecular flexibility index (Phi) is 5.79. The molecule has 5 nitrogen and oxygen atoms in total. The number of imidazole rings is 1. The maximum absolute atomic E-state index is 5.29. The lowest BCUT2D eigenvalue weighted by molar-refractivity contribution is 0.118. The predicted octanol–water partition coefficient (Wildman–Crippen LogP) is 3.40. The van der Waals surface area contributed by atoms with Crippen molar-refractivity contribution in [3.05, 3.63) is 48.0 Å². The van der Waals surface area contributed by atoms with Gasteiger partial charge in [-0.1, -0.05) is 19.1 Å². The van der Waals surface area contributed by atoms with Gasteiger partial charge in [0.2, 0.25) is 0 Å². The molecule has 0 spiro atoms. The molecule has 27 heavy (non-hydrogen) atoms. The molecule has 3 aliphatic rings. The first-order valence-electron chi connectivity index (χ1n) is 10.3. The fourth-order valence-electron chi connectivity index (χ4n) is 4.71. The van der Waals surface area contributed by atoms with Crippen LogP contribution in [0.1, 0.15) is 37.6 Å². The maximum atomic E-state index is 5.29. The minimum absolute atomic E-state index is 0.647. The van der Waals surface area contributed by atoms with Gasteiger partial charge in [0.15, 0.2) is 0 Å². The lowest BCUT2D eigenvalue weighted by Gasteiger charge is -2.36. The first kappa shape index (κ1) is 18.5. The molecule has 146 valence electrons. The van der Waals surface area contributed by atoms with Gasteiger partial charge in [-0.25, -0.2) is 4.98 Å². The van der Waals surface area contributed by atoms with Crippen molar-refractivity contribution in [3.63, 3.8) is 0 Å². The molecule has 0 unspecified atom stereocenters. The summed E-state index contributed by atoms with van der Waals surface area (Å²) >= 11 is 0. The van der Waals surface area contributed by atoms with Gasteiger partial charge >= 0.3 is 0 Å². The Morgan fingerprint density at radius 2 is 1.93 bits per heavy atom. The summed E-state index contributed by atoms with van der Waals surface area (Å²) in [4.78, 5) is 9.99. The van der Waals surface area contributed by atoms with Gasteiger partial charge in [-0.05, 0) is 42.9 Å². The van der Waals surface area contributed by atoms with Crippen LogP contribution in [0.3, 0.4) is 0 Å². The number of hydrogen-bond donors (Lipinski definition) is 0. The molecule has 0 aliphatic carbocycles. The van der Waals surface area contributed by atoms with E-state index >= 15 is 0 Å². The number of piperidine rings is 1. The first-order valence-corrected chi connectivity index (χ1v) is 10.3. The van der Waals surface area contributed by atoms with Gasteiger partial charge in [-0.15, -0.1) is 0 Å². The number of methoxy groups -OCH3 is 1. The summed E-state index contributed by atoms with van der Waals surface area (Å²) in [5, 5.41) is 0. The summed E-state index contributed by atoms with van der Waals surface area (Å²) in [6.07, 6.45) is 7.93. The van der Waals surface area contributed by atoms with Crippen LogP contribution >= 0.6 is 0 Å². The summed E-state index contributed by atoms with van der Waals surface area (Å²) in [5.74, 6) is 2.94. The van der Waals surface area contributed by atoms with E-state index in [0.717, 1.165) is 44.3 Å². The minimum Gasteiger partial charge on any atom is -0.497 e. The minimum atomic E-state index is 0.647. The molecular weight excluding hydrogens is 336 g/mol. The molecule has 2 atom stereocenters. The van der Waals surface area contributed by atoms with Crippen molar-refractivity contribution in [2.45, 2.75) is 51.9 Å². The molecule has 3 fully saturated rings. The van der Waals surface area contributed by atoms with E-state index in [2.05, 4.69) is 56.7 Å². The van der Waals surface area contributed by atoms with E-state index in [9.17, 15) is 0 Å². The van der Waals surface area contributed by atoms with Gasteiger partial charge in [0, 0.05) is 51.2 Å². The molecule has 0 saturated carbocycles. The topological polar surface area (TPSA) is 33.5 Å². The number of ether oxygens (including phenoxy) is 1. The van der Waals surface area contributed by atoms with Gasteiger partial charge in [-0.3, -0.25) is 9.80 Å². The van der Waals surface area contributed by atoms with Crippen LogP contribution in [-0.2, 0) is 19.6 Å². The highest BCUT2D eigenvalue weighted by Crippen LogP contribution is 2.30. The summed E-state index contributed by atoms with van der Waals surface area (Å²) in [7, 11) is 1.72. The van der Waals surface area contributed by atoms with Crippen molar-refractivity contribution in [1.29, 1.82) is 0 Å². The monoisotopic (exact) mass is 368 g/mol. The molecule has 0 radical (unpaired) electrons. The number of benzene rings is 1. The highest BCUT2D eigenvalue weighted by Gasteiger charge is 2.35. The molecule has 0 N–H and O–H groups in total. The standard InChI is InChI=1S/C22H32N4O/c1-3-11-25-12-10-23-22(25)17-26-15-19-4-7-20(26)16-24(14-19)13-18-5-8-21(27-2)9-6-18/h5-6,8-10,12,19-20H,3-4,7,11,13-17H2,1-2H3/t19-,20+/m0/s1. The average molecular weight is 369 g/mol. The maximum Gasteiger partial charge on any atom is 0.122 e. The van der Waals surface area contributed by atoms with Crippen molar-refractivity contribution < 1.29 is 4.74 Å². The second-order valence-corrected chi connectivity index (χ2v) is 8.11. The Balaban J connectivity index is 1.41. The van der Waals surface area contributed by atoms with Crippen LogP contribution in [0.4, 0.5) is 0 Å². The second kappa shape index (κ2) is 8.44. The zero-order valence-corrected chi connectivity index (χ0v) is 16.7. The Bertz CT molecular complexity index is 726. The molecule has 1 aromatic heterocycles. The fourth-order valence-corrected chi connectivity index (χ4v) is 4.71. The lowest BCUT2D eigenvalue weighted by Crippen LogP contribution is -2.43. The van der Waals surface area contributed by atoms with E-state index in [4.69, 9.17) is 4.74 Å². The first-order chi connectivity index (χ1) is 13.2. The average Bonchev–Trinajstić information content (AvgIpc) is 2.93. The van der Waals surface area contributed by atoms with Crippen LogP contribution < -0.4 is 4.74 Å². The van der Waals surface area contributed by atoms with Crippen LogP contribution in [0.25, 0.3) is 0 Å². The zero-order valence-electron chi connectivity index (χ0n) is 16.7. The Morgan fingerprint density at radius 1 is 1.07 bits per heavy atom. The Labute approximate surface area is 162 Å². The van der Waals surface area contributed by atoms with Crippen molar-refractivity contribution in [2.24, 2.45) is 5.92 Å². The normalized spacial score (nSPS) is 23.5. The zero-order chi connectivity index (χ0) is 18.6. The molecule has 5 heteroatoms. The molecular formula is C22H32N4O. The summed E-state index contributed by atoms with van der Waals surface area (Å²) < 4.78 is 7.61. The van der Waals surface area contributed by atoms with E-state index < -0.39 is 0 Å². The molecule has 2 bridgehead atoms. The second-order valence-electron chi connectivity index (χ2n) is 8.11. The molecule has 3 aliphatic heterocycles. The largest absolute Gasteiger partial charge is 0.497 e. The van der Waals surface area contributed by atoms with Crippen LogP contribution in [0.15, 0.2) is 36.7 Å². The number of nitrogens with zero attached hydrogens (tertiary/aromatic N) is 4.